The van der Waals surface area contributed by atoms with Gasteiger partial charge in [-0.25, -0.2) is 0 Å². The summed E-state index contributed by atoms with van der Waals surface area (Å²) >= 11 is 0. The molecule has 0 saturated carbocycles. The minimum Gasteiger partial charge on any atom is -0.324 e. The largest absolute Gasteiger partial charge is 0.455 e. The molecule has 0 bridgehead atoms. The molecule has 1 saturated heterocycles. The van der Waals surface area contributed by atoms with E-state index in [1.165, 1.54) is 0 Å². The predicted molar refractivity (Wildman–Crippen MR) is 69.6 cm³/mol. The van der Waals surface area contributed by atoms with E-state index in [1.807, 2.05) is 0 Å². The lowest BCUT2D eigenvalue weighted by Gasteiger charge is -2.33. The van der Waals surface area contributed by atoms with E-state index in [1.54, 1.807) is 11.8 Å². The van der Waals surface area contributed by atoms with Crippen LogP contribution in [0.2, 0.25) is 0 Å². The van der Waals surface area contributed by atoms with E-state index in [2.05, 4.69) is 14.7 Å². The van der Waals surface area contributed by atoms with Gasteiger partial charge in [-0.3, -0.25) is 4.18 Å². The summed E-state index contributed by atoms with van der Waals surface area (Å²) in [6.07, 6.45) is -3.03. The zero-order chi connectivity index (χ0) is 16.5. The summed E-state index contributed by atoms with van der Waals surface area (Å²) in [4.78, 5) is 4.88. The van der Waals surface area contributed by atoms with Gasteiger partial charge in [-0.15, -0.1) is 0 Å². The van der Waals surface area contributed by atoms with Crippen molar-refractivity contribution in [1.82, 2.24) is 10.1 Å². The highest BCUT2D eigenvalue weighted by Crippen LogP contribution is 2.30. The number of hydrogen-bond donors (Lipinski definition) is 0. The number of alkyl halides is 3. The first kappa shape index (κ1) is 17.0. The third kappa shape index (κ3) is 4.32. The lowest BCUT2D eigenvalue weighted by molar-refractivity contribution is -0.146. The summed E-state index contributed by atoms with van der Waals surface area (Å²) < 4.78 is 69.0. The second-order valence-corrected chi connectivity index (χ2v) is 6.83. The molecule has 1 aromatic rings. The quantitative estimate of drug-likeness (QED) is 0.769. The van der Waals surface area contributed by atoms with Crippen LogP contribution < -0.4 is 4.90 Å². The first-order valence-corrected chi connectivity index (χ1v) is 8.42. The zero-order valence-electron chi connectivity index (χ0n) is 12.0. The van der Waals surface area contributed by atoms with Crippen molar-refractivity contribution in [1.29, 1.82) is 0 Å². The highest BCUT2D eigenvalue weighted by atomic mass is 32.2. The molecule has 1 aliphatic rings. The fraction of sp³-hybridized carbons (Fsp3) is 0.818. The van der Waals surface area contributed by atoms with Crippen molar-refractivity contribution in [3.05, 3.63) is 5.82 Å². The minimum atomic E-state index is -4.64. The Labute approximate surface area is 125 Å². The molecule has 0 aliphatic carbocycles. The zero-order valence-corrected chi connectivity index (χ0v) is 12.8. The van der Waals surface area contributed by atoms with E-state index in [-0.39, 0.29) is 11.9 Å². The molecule has 0 radical (unpaired) electrons. The van der Waals surface area contributed by atoms with Gasteiger partial charge in [0.15, 0.2) is 0 Å². The Hall–Kier alpha value is -1.36. The van der Waals surface area contributed by atoms with Crippen LogP contribution in [-0.4, -0.2) is 44.0 Å². The fourth-order valence-corrected chi connectivity index (χ4v) is 3.08. The van der Waals surface area contributed by atoms with Gasteiger partial charge < -0.3 is 9.42 Å². The number of nitrogens with zero attached hydrogens (tertiary/aromatic N) is 3. The molecule has 126 valence electrons. The molecular weight excluding hydrogens is 327 g/mol. The van der Waals surface area contributed by atoms with E-state index >= 15 is 0 Å². The van der Waals surface area contributed by atoms with Gasteiger partial charge in [-0.05, 0) is 30.8 Å². The summed E-state index contributed by atoms with van der Waals surface area (Å²) in [6, 6.07) is -0.178. The van der Waals surface area contributed by atoms with Crippen molar-refractivity contribution in [2.24, 2.45) is 5.92 Å². The van der Waals surface area contributed by atoms with Crippen molar-refractivity contribution in [3.8, 4) is 0 Å². The molecular formula is C11H16F3N3O4S. The van der Waals surface area contributed by atoms with Crippen LogP contribution in [0.5, 0.6) is 0 Å². The van der Waals surface area contributed by atoms with Gasteiger partial charge in [0.1, 0.15) is 0 Å². The lowest BCUT2D eigenvalue weighted by atomic mass is 9.92. The first-order valence-electron chi connectivity index (χ1n) is 6.60. The van der Waals surface area contributed by atoms with Crippen LogP contribution in [0.4, 0.5) is 19.2 Å². The van der Waals surface area contributed by atoms with Gasteiger partial charge in [-0.1, -0.05) is 0 Å². The van der Waals surface area contributed by atoms with Gasteiger partial charge in [0, 0.05) is 13.1 Å². The lowest BCUT2D eigenvalue weighted by Crippen LogP contribution is -2.38. The average molecular weight is 343 g/mol. The second-order valence-electron chi connectivity index (χ2n) is 5.23. The molecule has 0 spiro atoms. The maximum Gasteiger partial charge on any atom is 0.455 e. The molecule has 1 atom stereocenters. The van der Waals surface area contributed by atoms with Crippen LogP contribution >= 0.6 is 0 Å². The van der Waals surface area contributed by atoms with Gasteiger partial charge in [0.2, 0.25) is 0 Å². The van der Waals surface area contributed by atoms with Gasteiger partial charge in [0.05, 0.1) is 12.4 Å². The van der Waals surface area contributed by atoms with Crippen molar-refractivity contribution >= 4 is 16.1 Å². The Morgan fingerprint density at radius 1 is 1.36 bits per heavy atom. The standard InChI is InChI=1S/C11H16F3N3O4S/c1-7(21-22(2,18)19)8-3-5-17(6-4-8)10-15-9(16-20-10)11(12,13)14/h7-8H,3-6H2,1-2H3/t7-/m1/s1. The van der Waals surface area contributed by atoms with Crippen LogP contribution in [0.1, 0.15) is 25.6 Å². The van der Waals surface area contributed by atoms with Crippen LogP contribution in [0, 0.1) is 5.92 Å². The first-order chi connectivity index (χ1) is 10.1. The fourth-order valence-electron chi connectivity index (χ4n) is 2.37. The molecule has 0 aromatic carbocycles. The molecule has 11 heteroatoms. The monoisotopic (exact) mass is 343 g/mol. The summed E-state index contributed by atoms with van der Waals surface area (Å²) in [5.41, 5.74) is 0. The SMILES string of the molecule is C[C@@H](OS(C)(=O)=O)C1CCN(c2nc(C(F)(F)F)no2)CC1. The van der Waals surface area contributed by atoms with Crippen molar-refractivity contribution in [2.75, 3.05) is 24.2 Å². The summed E-state index contributed by atoms with van der Waals surface area (Å²) in [5.74, 6) is -1.31. The average Bonchev–Trinajstić information content (AvgIpc) is 2.86. The highest BCUT2D eigenvalue weighted by molar-refractivity contribution is 7.86. The molecule has 0 unspecified atom stereocenters. The van der Waals surface area contributed by atoms with Crippen molar-refractivity contribution in [3.63, 3.8) is 0 Å². The number of piperidine rings is 1. The van der Waals surface area contributed by atoms with E-state index in [0.29, 0.717) is 25.9 Å². The van der Waals surface area contributed by atoms with Gasteiger partial charge in [0.25, 0.3) is 15.9 Å². The maximum absolute atomic E-state index is 12.4. The second kappa shape index (κ2) is 6.03. The van der Waals surface area contributed by atoms with E-state index in [9.17, 15) is 21.6 Å². The molecule has 2 rings (SSSR count). The Kier molecular flexibility index (Phi) is 4.66. The summed E-state index contributed by atoms with van der Waals surface area (Å²) in [5, 5.41) is 2.91. The number of aromatic nitrogens is 2. The van der Waals surface area contributed by atoms with E-state index in [4.69, 9.17) is 4.18 Å². The number of hydrogen-bond acceptors (Lipinski definition) is 7. The smallest absolute Gasteiger partial charge is 0.324 e. The predicted octanol–water partition coefficient (Wildman–Crippen LogP) is 1.67. The molecule has 1 aromatic heterocycles. The van der Waals surface area contributed by atoms with Gasteiger partial charge in [-0.2, -0.15) is 26.6 Å². The van der Waals surface area contributed by atoms with Crippen LogP contribution in [0.15, 0.2) is 4.52 Å². The highest BCUT2D eigenvalue weighted by Gasteiger charge is 2.38. The summed E-state index contributed by atoms with van der Waals surface area (Å²) in [7, 11) is -3.53. The molecule has 22 heavy (non-hydrogen) atoms. The third-order valence-electron chi connectivity index (χ3n) is 3.47. The molecule has 0 N–H and O–H groups in total. The molecule has 1 aliphatic heterocycles. The summed E-state index contributed by atoms with van der Waals surface area (Å²) in [6.45, 7) is 2.44. The Bertz CT molecular complexity index is 608. The minimum absolute atomic E-state index is 0.00372. The van der Waals surface area contributed by atoms with Gasteiger partial charge >= 0.3 is 12.2 Å². The van der Waals surface area contributed by atoms with Crippen molar-refractivity contribution < 1.29 is 30.3 Å². The maximum atomic E-state index is 12.4. The Morgan fingerprint density at radius 3 is 2.41 bits per heavy atom. The number of anilines is 1. The molecule has 7 nitrogen and oxygen atoms in total. The van der Waals surface area contributed by atoms with Crippen LogP contribution in [0.3, 0.4) is 0 Å². The Balaban J connectivity index is 1.93. The molecule has 0 amide bonds. The normalized spacial score (nSPS) is 19.4. The van der Waals surface area contributed by atoms with Crippen molar-refractivity contribution in [2.45, 2.75) is 32.0 Å². The third-order valence-corrected chi connectivity index (χ3v) is 4.12. The van der Waals surface area contributed by atoms with E-state index < -0.39 is 28.2 Å². The number of rotatable bonds is 4. The van der Waals surface area contributed by atoms with Crippen LogP contribution in [-0.2, 0) is 20.5 Å². The van der Waals surface area contributed by atoms with E-state index in [0.717, 1.165) is 6.26 Å². The topological polar surface area (TPSA) is 85.5 Å². The molecule has 1 fully saturated rings. The van der Waals surface area contributed by atoms with Crippen LogP contribution in [0.25, 0.3) is 0 Å². The number of halogens is 3. The molecule has 2 heterocycles. The Morgan fingerprint density at radius 2 is 1.95 bits per heavy atom.